The summed E-state index contributed by atoms with van der Waals surface area (Å²) in [5, 5.41) is 0. The smallest absolute Gasteiger partial charge is 0.252 e. The summed E-state index contributed by atoms with van der Waals surface area (Å²) in [4.78, 5) is 8.41. The molecule has 4 unspecified atom stereocenters. The van der Waals surface area contributed by atoms with Crippen LogP contribution in [-0.2, 0) is 28.2 Å². The molecule has 0 amide bonds. The van der Waals surface area contributed by atoms with Crippen LogP contribution in [0.3, 0.4) is 0 Å². The maximum absolute atomic E-state index is 2.92. The van der Waals surface area contributed by atoms with Gasteiger partial charge < -0.3 is 14.7 Å². The molecule has 0 radical (unpaired) electrons. The van der Waals surface area contributed by atoms with E-state index in [4.69, 9.17) is 0 Å². The van der Waals surface area contributed by atoms with Crippen molar-refractivity contribution in [3.05, 3.63) is 240 Å². The molecule has 366 valence electrons. The predicted molar refractivity (Wildman–Crippen MR) is 316 cm³/mol. The maximum atomic E-state index is 2.92. The number of fused-ring (bicyclic) bond motifs is 12. The molecule has 0 bridgehead atoms. The number of aryl methyl sites for hydroxylation is 1. The summed E-state index contributed by atoms with van der Waals surface area (Å²) in [6.45, 7) is 15.1. The van der Waals surface area contributed by atoms with Crippen molar-refractivity contribution >= 4 is 62.9 Å². The van der Waals surface area contributed by atoms with Gasteiger partial charge in [-0.1, -0.05) is 210 Å². The third-order valence-corrected chi connectivity index (χ3v) is 19.9. The first-order chi connectivity index (χ1) is 36.4. The fourth-order valence-corrected chi connectivity index (χ4v) is 16.1. The van der Waals surface area contributed by atoms with Gasteiger partial charge in [0.25, 0.3) is 6.71 Å². The Bertz CT molecular complexity index is 3790. The van der Waals surface area contributed by atoms with E-state index in [1.165, 1.54) is 125 Å². The van der Waals surface area contributed by atoms with Crippen LogP contribution in [-0.4, -0.2) is 12.3 Å². The lowest BCUT2D eigenvalue weighted by atomic mass is 9.33. The second-order valence-electron chi connectivity index (χ2n) is 24.4. The van der Waals surface area contributed by atoms with Crippen molar-refractivity contribution in [3.8, 4) is 22.3 Å². The molecular formula is C71H64BN3. The Kier molecular flexibility index (Phi) is 9.42. The molecule has 4 heteroatoms. The number of hydrogen-bond donors (Lipinski definition) is 0. The zero-order chi connectivity index (χ0) is 50.6. The fourth-order valence-electron chi connectivity index (χ4n) is 16.1. The van der Waals surface area contributed by atoms with Gasteiger partial charge in [0.1, 0.15) is 0 Å². The monoisotopic (exact) mass is 970 g/mol. The maximum Gasteiger partial charge on any atom is 0.252 e. The topological polar surface area (TPSA) is 9.72 Å². The first-order valence-corrected chi connectivity index (χ1v) is 27.8. The van der Waals surface area contributed by atoms with Crippen molar-refractivity contribution in [1.82, 2.24) is 0 Å². The molecule has 1 saturated carbocycles. The highest BCUT2D eigenvalue weighted by Gasteiger charge is 2.65. The predicted octanol–water partition coefficient (Wildman–Crippen LogP) is 16.0. The van der Waals surface area contributed by atoms with E-state index in [-0.39, 0.29) is 34.0 Å². The van der Waals surface area contributed by atoms with Gasteiger partial charge in [0.2, 0.25) is 0 Å². The Labute approximate surface area is 444 Å². The van der Waals surface area contributed by atoms with Crippen molar-refractivity contribution in [3.63, 3.8) is 0 Å². The van der Waals surface area contributed by atoms with Gasteiger partial charge >= 0.3 is 0 Å². The molecule has 75 heavy (non-hydrogen) atoms. The molecule has 1 fully saturated rings. The van der Waals surface area contributed by atoms with Crippen LogP contribution >= 0.6 is 0 Å². The minimum Gasteiger partial charge on any atom is -0.334 e. The van der Waals surface area contributed by atoms with Crippen LogP contribution in [0.1, 0.15) is 107 Å². The zero-order valence-electron chi connectivity index (χ0n) is 44.3. The molecule has 4 aliphatic heterocycles. The van der Waals surface area contributed by atoms with Gasteiger partial charge in [-0.25, -0.2) is 0 Å². The number of para-hydroxylation sites is 1. The molecule has 2 aliphatic carbocycles. The molecule has 3 nitrogen and oxygen atoms in total. The van der Waals surface area contributed by atoms with E-state index >= 15 is 0 Å². The molecule has 0 N–H and O–H groups in total. The third-order valence-electron chi connectivity index (χ3n) is 19.9. The summed E-state index contributed by atoms with van der Waals surface area (Å²) in [7, 11) is 0. The minimum atomic E-state index is -0.382. The molecule has 15 rings (SSSR count). The van der Waals surface area contributed by atoms with E-state index in [1.54, 1.807) is 0 Å². The van der Waals surface area contributed by atoms with E-state index in [1.807, 2.05) is 0 Å². The molecule has 6 aliphatic rings. The average molecular weight is 970 g/mol. The minimum absolute atomic E-state index is 0.0167. The van der Waals surface area contributed by atoms with Crippen LogP contribution in [0.25, 0.3) is 22.3 Å². The highest BCUT2D eigenvalue weighted by molar-refractivity contribution is 7.00. The summed E-state index contributed by atoms with van der Waals surface area (Å²) >= 11 is 0. The van der Waals surface area contributed by atoms with Gasteiger partial charge in [0.05, 0.1) is 11.1 Å². The number of nitrogens with zero attached hydrogens (tertiary/aromatic N) is 3. The molecule has 0 aromatic heterocycles. The second-order valence-corrected chi connectivity index (χ2v) is 24.4. The van der Waals surface area contributed by atoms with Gasteiger partial charge in [-0.15, -0.1) is 0 Å². The quantitative estimate of drug-likeness (QED) is 0.159. The van der Waals surface area contributed by atoms with E-state index in [0.717, 1.165) is 25.7 Å². The highest BCUT2D eigenvalue weighted by atomic mass is 15.3. The van der Waals surface area contributed by atoms with Crippen LogP contribution in [0.15, 0.2) is 206 Å². The molecule has 9 aromatic carbocycles. The number of anilines is 7. The van der Waals surface area contributed by atoms with E-state index in [9.17, 15) is 0 Å². The van der Waals surface area contributed by atoms with Crippen molar-refractivity contribution < 1.29 is 0 Å². The number of rotatable bonds is 5. The Balaban J connectivity index is 1.08. The van der Waals surface area contributed by atoms with Gasteiger partial charge in [-0.05, 0) is 153 Å². The lowest BCUT2D eigenvalue weighted by molar-refractivity contribution is 0.215. The van der Waals surface area contributed by atoms with Crippen molar-refractivity contribution in [1.29, 1.82) is 0 Å². The standard InChI is InChI=1S/C71H64BN3/c1-67(2,3)53-43-58-66-60(44-53)72-59-42-51(48-24-12-8-13-25-48)34-37-62(59)73(54-35-32-49(33-36-54)47-22-10-7-11-23-47)63-45-55(46-64(65(63)72)75(66)70(6)56-29-17-16-26-50(56)38-41-68(58,70)4)74-61-31-19-18-30-57(61)71(52-27-14-9-15-28-52)40-21-20-39-69(71,74)5/h7-19,22-37,42-46H,20-21,38-41H2,1-6H3. The normalized spacial score (nSPS) is 23.4. The first kappa shape index (κ1) is 44.9. The van der Waals surface area contributed by atoms with Gasteiger partial charge in [-0.3, -0.25) is 0 Å². The van der Waals surface area contributed by atoms with E-state index in [0.29, 0.717) is 0 Å². The summed E-state index contributed by atoms with van der Waals surface area (Å²) < 4.78 is 0. The molecular weight excluding hydrogens is 906 g/mol. The Morgan fingerprint density at radius 2 is 1.07 bits per heavy atom. The number of benzene rings is 9. The van der Waals surface area contributed by atoms with Gasteiger partial charge in [-0.2, -0.15) is 0 Å². The van der Waals surface area contributed by atoms with Crippen molar-refractivity contribution in [2.24, 2.45) is 0 Å². The van der Waals surface area contributed by atoms with E-state index < -0.39 is 0 Å². The molecule has 4 heterocycles. The van der Waals surface area contributed by atoms with E-state index in [2.05, 4.69) is 262 Å². The van der Waals surface area contributed by atoms with Gasteiger partial charge in [0.15, 0.2) is 0 Å². The van der Waals surface area contributed by atoms with Crippen molar-refractivity contribution in [2.45, 2.75) is 107 Å². The Hall–Kier alpha value is -7.56. The summed E-state index contributed by atoms with van der Waals surface area (Å²) in [6, 6.07) is 79.8. The molecule has 0 saturated heterocycles. The van der Waals surface area contributed by atoms with Crippen LogP contribution in [0.2, 0.25) is 0 Å². The highest BCUT2D eigenvalue weighted by Crippen LogP contribution is 2.67. The zero-order valence-corrected chi connectivity index (χ0v) is 44.3. The molecule has 0 spiro atoms. The summed E-state index contributed by atoms with van der Waals surface area (Å²) in [5.41, 5.74) is 25.9. The average Bonchev–Trinajstić information content (AvgIpc) is 3.88. The van der Waals surface area contributed by atoms with Crippen molar-refractivity contribution in [2.75, 3.05) is 14.7 Å². The lowest BCUT2D eigenvalue weighted by Crippen LogP contribution is -2.64. The first-order valence-electron chi connectivity index (χ1n) is 27.8. The molecule has 4 atom stereocenters. The summed E-state index contributed by atoms with van der Waals surface area (Å²) in [6.07, 6.45) is 6.75. The third kappa shape index (κ3) is 5.89. The van der Waals surface area contributed by atoms with Gasteiger partial charge in [0, 0.05) is 50.6 Å². The van der Waals surface area contributed by atoms with Crippen LogP contribution in [0.5, 0.6) is 0 Å². The second kappa shape index (κ2) is 15.7. The fraction of sp³-hybridized carbons (Fsp3) is 0.239. The van der Waals surface area contributed by atoms with Crippen LogP contribution in [0, 0.1) is 0 Å². The molecule has 9 aromatic rings. The van der Waals surface area contributed by atoms with Crippen LogP contribution < -0.4 is 31.1 Å². The Morgan fingerprint density at radius 3 is 1.80 bits per heavy atom. The lowest BCUT2D eigenvalue weighted by Gasteiger charge is -2.54. The Morgan fingerprint density at radius 1 is 0.453 bits per heavy atom. The largest absolute Gasteiger partial charge is 0.334 e. The van der Waals surface area contributed by atoms with Crippen LogP contribution in [0.4, 0.5) is 39.8 Å². The summed E-state index contributed by atoms with van der Waals surface area (Å²) in [5.74, 6) is 0. The SMILES string of the molecule is CC(C)(C)c1cc2c3c(c1)C1(C)CCc4ccccc4C1(C)N3c1cc(N3c4ccccc4C4(c5ccccc5)CCCCC34C)cc3c1B2c1cc(-c2ccccc2)ccc1N3c1ccc(-c2ccccc2)cc1. The number of hydrogen-bond acceptors (Lipinski definition) is 3.